The lowest BCUT2D eigenvalue weighted by molar-refractivity contribution is -0.936. The van der Waals surface area contributed by atoms with Crippen LogP contribution in [-0.2, 0) is 0 Å². The van der Waals surface area contributed by atoms with Gasteiger partial charge in [-0.05, 0) is 43.5 Å². The Kier molecular flexibility index (Phi) is 4.85. The number of amides is 1. The minimum atomic E-state index is -0.131. The van der Waals surface area contributed by atoms with Crippen molar-refractivity contribution in [3.8, 4) is 0 Å². The molecule has 0 radical (unpaired) electrons. The van der Waals surface area contributed by atoms with Crippen molar-refractivity contribution in [3.63, 3.8) is 0 Å². The van der Waals surface area contributed by atoms with Gasteiger partial charge in [-0.3, -0.25) is 9.78 Å². The van der Waals surface area contributed by atoms with Crippen molar-refractivity contribution < 1.29 is 14.1 Å². The molecule has 1 aliphatic heterocycles. The van der Waals surface area contributed by atoms with E-state index in [9.17, 15) is 4.79 Å². The van der Waals surface area contributed by atoms with E-state index in [4.69, 9.17) is 4.42 Å². The molecular formula is C17H22N3O2+. The number of hydrogen-bond acceptors (Lipinski definition) is 3. The minimum absolute atomic E-state index is 0.131. The molecule has 0 spiro atoms. The SMILES string of the molecule is O=C(NC[C@@H](c1ccco1)[NH+]1CCCCC1)c1ccccn1. The second-order valence-corrected chi connectivity index (χ2v) is 5.71. The Morgan fingerprint density at radius 1 is 1.23 bits per heavy atom. The summed E-state index contributed by atoms with van der Waals surface area (Å²) in [5.41, 5.74) is 0.453. The van der Waals surface area contributed by atoms with Crippen molar-refractivity contribution in [1.29, 1.82) is 0 Å². The number of hydrogen-bond donors (Lipinski definition) is 2. The Morgan fingerprint density at radius 2 is 2.09 bits per heavy atom. The molecular weight excluding hydrogens is 278 g/mol. The number of nitrogens with zero attached hydrogens (tertiary/aromatic N) is 1. The molecule has 3 rings (SSSR count). The van der Waals surface area contributed by atoms with Crippen LogP contribution < -0.4 is 10.2 Å². The normalized spacial score (nSPS) is 17.1. The molecule has 116 valence electrons. The molecule has 2 aromatic heterocycles. The maximum absolute atomic E-state index is 12.2. The molecule has 2 N–H and O–H groups in total. The molecule has 0 aliphatic carbocycles. The lowest BCUT2D eigenvalue weighted by Crippen LogP contribution is -3.13. The third kappa shape index (κ3) is 3.54. The Balaban J connectivity index is 1.66. The van der Waals surface area contributed by atoms with Gasteiger partial charge in [-0.25, -0.2) is 0 Å². The molecule has 1 amide bonds. The van der Waals surface area contributed by atoms with Crippen LogP contribution in [0.3, 0.4) is 0 Å². The third-order valence-corrected chi connectivity index (χ3v) is 4.24. The number of likely N-dealkylation sites (tertiary alicyclic amines) is 1. The Morgan fingerprint density at radius 3 is 2.77 bits per heavy atom. The molecule has 0 saturated carbocycles. The molecule has 1 fully saturated rings. The Labute approximate surface area is 130 Å². The van der Waals surface area contributed by atoms with Crippen LogP contribution in [0.15, 0.2) is 47.2 Å². The van der Waals surface area contributed by atoms with E-state index < -0.39 is 0 Å². The highest BCUT2D eigenvalue weighted by Crippen LogP contribution is 2.11. The van der Waals surface area contributed by atoms with Gasteiger partial charge in [0.15, 0.2) is 11.8 Å². The van der Waals surface area contributed by atoms with E-state index in [-0.39, 0.29) is 11.9 Å². The maximum Gasteiger partial charge on any atom is 0.270 e. The summed E-state index contributed by atoms with van der Waals surface area (Å²) in [7, 11) is 0. The van der Waals surface area contributed by atoms with E-state index >= 15 is 0 Å². The van der Waals surface area contributed by atoms with Gasteiger partial charge in [-0.2, -0.15) is 0 Å². The highest BCUT2D eigenvalue weighted by atomic mass is 16.3. The molecule has 0 bridgehead atoms. The van der Waals surface area contributed by atoms with Crippen LogP contribution in [-0.4, -0.2) is 30.5 Å². The molecule has 2 aromatic rings. The Bertz CT molecular complexity index is 577. The van der Waals surface area contributed by atoms with Crippen LogP contribution in [0.1, 0.15) is 41.6 Å². The van der Waals surface area contributed by atoms with Crippen LogP contribution in [0.25, 0.3) is 0 Å². The molecule has 5 heteroatoms. The molecule has 0 unspecified atom stereocenters. The van der Waals surface area contributed by atoms with Gasteiger partial charge in [-0.15, -0.1) is 0 Å². The van der Waals surface area contributed by atoms with Gasteiger partial charge < -0.3 is 14.6 Å². The van der Waals surface area contributed by atoms with Crippen molar-refractivity contribution in [1.82, 2.24) is 10.3 Å². The van der Waals surface area contributed by atoms with E-state index in [0.29, 0.717) is 12.2 Å². The summed E-state index contributed by atoms with van der Waals surface area (Å²) in [5.74, 6) is 0.812. The quantitative estimate of drug-likeness (QED) is 0.873. The summed E-state index contributed by atoms with van der Waals surface area (Å²) >= 11 is 0. The second kappa shape index (κ2) is 7.22. The van der Waals surface area contributed by atoms with Crippen LogP contribution in [0.2, 0.25) is 0 Å². The van der Waals surface area contributed by atoms with E-state index in [1.807, 2.05) is 18.2 Å². The predicted molar refractivity (Wildman–Crippen MR) is 82.6 cm³/mol. The summed E-state index contributed by atoms with van der Waals surface area (Å²) in [4.78, 5) is 17.8. The van der Waals surface area contributed by atoms with Crippen molar-refractivity contribution in [2.24, 2.45) is 0 Å². The van der Waals surface area contributed by atoms with E-state index in [0.717, 1.165) is 18.8 Å². The summed E-state index contributed by atoms with van der Waals surface area (Å²) in [6.07, 6.45) is 7.11. The minimum Gasteiger partial charge on any atom is -0.463 e. The first-order chi connectivity index (χ1) is 10.8. The fourth-order valence-corrected chi connectivity index (χ4v) is 3.07. The number of aromatic nitrogens is 1. The average molecular weight is 300 g/mol. The first kappa shape index (κ1) is 14.8. The van der Waals surface area contributed by atoms with Gasteiger partial charge in [0.05, 0.1) is 25.9 Å². The average Bonchev–Trinajstić information content (AvgIpc) is 3.11. The number of carbonyl (C=O) groups excluding carboxylic acids is 1. The van der Waals surface area contributed by atoms with Gasteiger partial charge in [0, 0.05) is 6.20 Å². The zero-order chi connectivity index (χ0) is 15.2. The number of furan rings is 1. The van der Waals surface area contributed by atoms with Gasteiger partial charge in [0.1, 0.15) is 5.69 Å². The molecule has 0 aromatic carbocycles. The van der Waals surface area contributed by atoms with Gasteiger partial charge >= 0.3 is 0 Å². The number of piperidine rings is 1. The van der Waals surface area contributed by atoms with Crippen LogP contribution in [0.4, 0.5) is 0 Å². The monoisotopic (exact) mass is 300 g/mol. The number of rotatable bonds is 5. The zero-order valence-corrected chi connectivity index (χ0v) is 12.6. The third-order valence-electron chi connectivity index (χ3n) is 4.24. The smallest absolute Gasteiger partial charge is 0.270 e. The molecule has 22 heavy (non-hydrogen) atoms. The highest BCUT2D eigenvalue weighted by Gasteiger charge is 2.28. The Hall–Kier alpha value is -2.14. The van der Waals surface area contributed by atoms with Crippen molar-refractivity contribution >= 4 is 5.91 Å². The van der Waals surface area contributed by atoms with Crippen molar-refractivity contribution in [2.75, 3.05) is 19.6 Å². The van der Waals surface area contributed by atoms with Crippen LogP contribution in [0.5, 0.6) is 0 Å². The first-order valence-electron chi connectivity index (χ1n) is 7.92. The predicted octanol–water partition coefficient (Wildman–Crippen LogP) is 1.21. The molecule has 1 atom stereocenters. The summed E-state index contributed by atoms with van der Waals surface area (Å²) in [6.45, 7) is 2.83. The summed E-state index contributed by atoms with van der Waals surface area (Å²) in [5, 5.41) is 3.00. The standard InChI is InChI=1S/C17H21N3O2/c21-17(14-7-2-3-9-18-14)19-13-15(16-8-6-12-22-16)20-10-4-1-5-11-20/h2-3,6-9,12,15H,1,4-5,10-11,13H2,(H,19,21)/p+1/t15-/m0/s1. The first-order valence-corrected chi connectivity index (χ1v) is 7.92. The molecule has 1 aliphatic rings. The molecule has 5 nitrogen and oxygen atoms in total. The fourth-order valence-electron chi connectivity index (χ4n) is 3.07. The van der Waals surface area contributed by atoms with Gasteiger partial charge in [-0.1, -0.05) is 6.07 Å². The van der Waals surface area contributed by atoms with Gasteiger partial charge in [0.25, 0.3) is 5.91 Å². The molecule has 1 saturated heterocycles. The van der Waals surface area contributed by atoms with Gasteiger partial charge in [0.2, 0.25) is 0 Å². The maximum atomic E-state index is 12.2. The fraction of sp³-hybridized carbons (Fsp3) is 0.412. The zero-order valence-electron chi connectivity index (χ0n) is 12.6. The van der Waals surface area contributed by atoms with E-state index in [1.54, 1.807) is 24.6 Å². The highest BCUT2D eigenvalue weighted by molar-refractivity contribution is 5.92. The van der Waals surface area contributed by atoms with E-state index in [1.165, 1.54) is 24.2 Å². The van der Waals surface area contributed by atoms with Crippen LogP contribution >= 0.6 is 0 Å². The number of carbonyl (C=O) groups is 1. The number of quaternary nitrogens is 1. The lowest BCUT2D eigenvalue weighted by Gasteiger charge is -2.30. The lowest BCUT2D eigenvalue weighted by atomic mass is 10.1. The van der Waals surface area contributed by atoms with Crippen molar-refractivity contribution in [2.45, 2.75) is 25.3 Å². The number of nitrogens with one attached hydrogen (secondary N) is 2. The largest absolute Gasteiger partial charge is 0.463 e. The molecule has 3 heterocycles. The summed E-state index contributed by atoms with van der Waals surface area (Å²) in [6, 6.07) is 9.43. The van der Waals surface area contributed by atoms with Crippen LogP contribution in [0, 0.1) is 0 Å². The number of pyridine rings is 1. The van der Waals surface area contributed by atoms with E-state index in [2.05, 4.69) is 10.3 Å². The van der Waals surface area contributed by atoms with Crippen molar-refractivity contribution in [3.05, 3.63) is 54.2 Å². The summed E-state index contributed by atoms with van der Waals surface area (Å²) < 4.78 is 5.60. The topological polar surface area (TPSA) is 59.6 Å². The second-order valence-electron chi connectivity index (χ2n) is 5.71.